The van der Waals surface area contributed by atoms with Crippen LogP contribution in [-0.4, -0.2) is 12.1 Å². The molecule has 2 nitrogen and oxygen atoms in total. The number of benzene rings is 1. The Morgan fingerprint density at radius 1 is 1.40 bits per heavy atom. The molecule has 0 heterocycles. The van der Waals surface area contributed by atoms with Gasteiger partial charge in [-0.3, -0.25) is 0 Å². The van der Waals surface area contributed by atoms with Gasteiger partial charge in [0.1, 0.15) is 5.82 Å². The Morgan fingerprint density at radius 3 is 2.80 bits per heavy atom. The second-order valence-electron chi connectivity index (χ2n) is 4.01. The van der Waals surface area contributed by atoms with Gasteiger partial charge in [-0.05, 0) is 31.4 Å². The molecule has 0 aromatic heterocycles. The summed E-state index contributed by atoms with van der Waals surface area (Å²) in [5, 5.41) is 3.55. The smallest absolute Gasteiger partial charge is 0.147 e. The molecule has 1 aromatic carbocycles. The molecule has 0 bridgehead atoms. The fourth-order valence-corrected chi connectivity index (χ4v) is 2.20. The first-order chi connectivity index (χ1) is 7.16. The summed E-state index contributed by atoms with van der Waals surface area (Å²) < 4.78 is 13.4. The van der Waals surface area contributed by atoms with Crippen molar-refractivity contribution in [2.45, 2.75) is 31.3 Å². The molecule has 1 aliphatic rings. The molecule has 2 atom stereocenters. The zero-order valence-corrected chi connectivity index (χ0v) is 9.10. The molecule has 0 radical (unpaired) electrons. The highest BCUT2D eigenvalue weighted by molar-refractivity contribution is 6.33. The van der Waals surface area contributed by atoms with Crippen molar-refractivity contribution in [3.63, 3.8) is 0 Å². The minimum absolute atomic E-state index is 0.230. The van der Waals surface area contributed by atoms with Crippen LogP contribution in [0, 0.1) is 5.82 Å². The van der Waals surface area contributed by atoms with E-state index in [2.05, 4.69) is 5.32 Å². The summed E-state index contributed by atoms with van der Waals surface area (Å²) in [6.07, 6.45) is 2.85. The zero-order valence-electron chi connectivity index (χ0n) is 8.34. The fraction of sp³-hybridized carbons (Fsp3) is 0.455. The van der Waals surface area contributed by atoms with Crippen LogP contribution in [0.3, 0.4) is 0 Å². The number of halogens is 2. The average molecular weight is 229 g/mol. The number of anilines is 1. The number of hydrogen-bond donors (Lipinski definition) is 2. The van der Waals surface area contributed by atoms with Gasteiger partial charge in [0, 0.05) is 12.1 Å². The number of rotatable bonds is 2. The maximum absolute atomic E-state index is 13.4. The highest BCUT2D eigenvalue weighted by atomic mass is 35.5. The zero-order chi connectivity index (χ0) is 10.8. The number of hydrogen-bond acceptors (Lipinski definition) is 2. The van der Waals surface area contributed by atoms with Gasteiger partial charge in [0.2, 0.25) is 0 Å². The minimum Gasteiger partial charge on any atom is -0.379 e. The van der Waals surface area contributed by atoms with E-state index in [1.807, 2.05) is 0 Å². The van der Waals surface area contributed by atoms with Crippen LogP contribution < -0.4 is 11.1 Å². The number of nitrogens with one attached hydrogen (secondary N) is 1. The molecule has 0 spiro atoms. The van der Waals surface area contributed by atoms with Gasteiger partial charge in [-0.1, -0.05) is 17.7 Å². The van der Waals surface area contributed by atoms with Crippen LogP contribution in [0.4, 0.5) is 10.1 Å². The highest BCUT2D eigenvalue weighted by Crippen LogP contribution is 2.28. The van der Waals surface area contributed by atoms with Crippen molar-refractivity contribution < 1.29 is 4.39 Å². The van der Waals surface area contributed by atoms with E-state index in [0.29, 0.717) is 10.7 Å². The summed E-state index contributed by atoms with van der Waals surface area (Å²) in [5.74, 6) is -0.303. The van der Waals surface area contributed by atoms with E-state index in [9.17, 15) is 4.39 Å². The lowest BCUT2D eigenvalue weighted by Crippen LogP contribution is -2.21. The Balaban J connectivity index is 2.10. The van der Waals surface area contributed by atoms with E-state index in [0.717, 1.165) is 19.3 Å². The van der Waals surface area contributed by atoms with E-state index in [-0.39, 0.29) is 17.9 Å². The molecule has 2 rings (SSSR count). The van der Waals surface area contributed by atoms with Crippen LogP contribution in [0.15, 0.2) is 18.2 Å². The van der Waals surface area contributed by atoms with E-state index >= 15 is 0 Å². The summed E-state index contributed by atoms with van der Waals surface area (Å²) in [5.41, 5.74) is 6.19. The quantitative estimate of drug-likeness (QED) is 0.817. The first kappa shape index (κ1) is 10.7. The lowest BCUT2D eigenvalue weighted by molar-refractivity contribution is 0.622. The summed E-state index contributed by atoms with van der Waals surface area (Å²) >= 11 is 5.91. The summed E-state index contributed by atoms with van der Waals surface area (Å²) in [4.78, 5) is 0. The Morgan fingerprint density at radius 2 is 2.20 bits per heavy atom. The lowest BCUT2D eigenvalue weighted by Gasteiger charge is -2.15. The first-order valence-corrected chi connectivity index (χ1v) is 5.50. The summed E-state index contributed by atoms with van der Waals surface area (Å²) in [7, 11) is 0. The molecule has 1 saturated carbocycles. The normalized spacial score (nSPS) is 25.5. The van der Waals surface area contributed by atoms with Gasteiger partial charge in [-0.15, -0.1) is 0 Å². The van der Waals surface area contributed by atoms with E-state index in [4.69, 9.17) is 17.3 Å². The molecule has 1 fully saturated rings. The third-order valence-electron chi connectivity index (χ3n) is 2.78. The molecular weight excluding hydrogens is 215 g/mol. The van der Waals surface area contributed by atoms with Gasteiger partial charge >= 0.3 is 0 Å². The van der Waals surface area contributed by atoms with Crippen LogP contribution in [0.25, 0.3) is 0 Å². The van der Waals surface area contributed by atoms with Crippen LogP contribution in [-0.2, 0) is 0 Å². The second kappa shape index (κ2) is 4.37. The van der Waals surface area contributed by atoms with Crippen molar-refractivity contribution >= 4 is 17.3 Å². The Labute approximate surface area is 93.6 Å². The molecule has 2 unspecified atom stereocenters. The minimum atomic E-state index is -0.303. The molecule has 1 aromatic rings. The Hall–Kier alpha value is -0.800. The molecule has 1 aliphatic carbocycles. The maximum Gasteiger partial charge on any atom is 0.147 e. The number of nitrogens with two attached hydrogens (primary N) is 1. The van der Waals surface area contributed by atoms with Crippen molar-refractivity contribution in [3.8, 4) is 0 Å². The second-order valence-corrected chi connectivity index (χ2v) is 4.42. The van der Waals surface area contributed by atoms with Crippen molar-refractivity contribution in [1.29, 1.82) is 0 Å². The van der Waals surface area contributed by atoms with Gasteiger partial charge in [-0.25, -0.2) is 4.39 Å². The monoisotopic (exact) mass is 228 g/mol. The van der Waals surface area contributed by atoms with Crippen LogP contribution >= 0.6 is 11.6 Å². The SMILES string of the molecule is NC1CCC(Nc2c(F)cccc2Cl)C1. The standard InChI is InChI=1S/C11H14ClFN2/c12-9-2-1-3-10(13)11(9)15-8-5-4-7(14)6-8/h1-3,7-8,15H,4-6,14H2. The van der Waals surface area contributed by atoms with Crippen molar-refractivity contribution in [1.82, 2.24) is 0 Å². The largest absolute Gasteiger partial charge is 0.379 e. The fourth-order valence-electron chi connectivity index (χ4n) is 1.99. The third kappa shape index (κ3) is 2.41. The topological polar surface area (TPSA) is 38.0 Å². The molecule has 15 heavy (non-hydrogen) atoms. The van der Waals surface area contributed by atoms with Gasteiger partial charge < -0.3 is 11.1 Å². The molecular formula is C11H14ClFN2. The maximum atomic E-state index is 13.4. The van der Waals surface area contributed by atoms with Crippen LogP contribution in [0.1, 0.15) is 19.3 Å². The number of para-hydroxylation sites is 1. The molecule has 4 heteroatoms. The van der Waals surface area contributed by atoms with E-state index < -0.39 is 0 Å². The molecule has 0 aliphatic heterocycles. The van der Waals surface area contributed by atoms with Crippen LogP contribution in [0.2, 0.25) is 5.02 Å². The lowest BCUT2D eigenvalue weighted by atomic mass is 10.2. The van der Waals surface area contributed by atoms with E-state index in [1.54, 1.807) is 12.1 Å². The van der Waals surface area contributed by atoms with Crippen LogP contribution in [0.5, 0.6) is 0 Å². The van der Waals surface area contributed by atoms with Crippen molar-refractivity contribution in [2.75, 3.05) is 5.32 Å². The Kier molecular flexibility index (Phi) is 3.12. The van der Waals surface area contributed by atoms with Crippen molar-refractivity contribution in [2.24, 2.45) is 5.73 Å². The molecule has 3 N–H and O–H groups in total. The van der Waals surface area contributed by atoms with Gasteiger partial charge in [0.05, 0.1) is 10.7 Å². The van der Waals surface area contributed by atoms with E-state index in [1.165, 1.54) is 6.07 Å². The third-order valence-corrected chi connectivity index (χ3v) is 3.10. The Bertz CT molecular complexity index is 336. The van der Waals surface area contributed by atoms with Crippen molar-refractivity contribution in [3.05, 3.63) is 29.0 Å². The predicted octanol–water partition coefficient (Wildman–Crippen LogP) is 2.77. The average Bonchev–Trinajstić information content (AvgIpc) is 2.58. The van der Waals surface area contributed by atoms with Gasteiger partial charge in [-0.2, -0.15) is 0 Å². The molecule has 82 valence electrons. The highest BCUT2D eigenvalue weighted by Gasteiger charge is 2.22. The first-order valence-electron chi connectivity index (χ1n) is 5.13. The summed E-state index contributed by atoms with van der Waals surface area (Å²) in [6, 6.07) is 5.16. The van der Waals surface area contributed by atoms with Gasteiger partial charge in [0.15, 0.2) is 0 Å². The predicted molar refractivity (Wildman–Crippen MR) is 60.6 cm³/mol. The summed E-state index contributed by atoms with van der Waals surface area (Å²) in [6.45, 7) is 0. The molecule has 0 saturated heterocycles. The molecule has 0 amide bonds. The van der Waals surface area contributed by atoms with Gasteiger partial charge in [0.25, 0.3) is 0 Å².